The fraction of sp³-hybridized carbons (Fsp3) is 0.517. The lowest BCUT2D eigenvalue weighted by Gasteiger charge is -2.29. The summed E-state index contributed by atoms with van der Waals surface area (Å²) in [7, 11) is 0. The minimum Gasteiger partial charge on any atom is -0.480 e. The zero-order valence-corrected chi connectivity index (χ0v) is 22.2. The maximum absolute atomic E-state index is 13.3. The van der Waals surface area contributed by atoms with Gasteiger partial charge in [0, 0.05) is 24.1 Å². The summed E-state index contributed by atoms with van der Waals surface area (Å²) in [6, 6.07) is 12.1. The fourth-order valence-electron chi connectivity index (χ4n) is 5.25. The normalized spacial score (nSPS) is 16.8. The molecule has 5 N–H and O–H groups in total. The molecule has 36 heavy (non-hydrogen) atoms. The van der Waals surface area contributed by atoms with Gasteiger partial charge >= 0.3 is 5.97 Å². The molecule has 6 nitrogen and oxygen atoms in total. The van der Waals surface area contributed by atoms with Crippen molar-refractivity contribution >= 4 is 23.6 Å². The number of benzene rings is 2. The van der Waals surface area contributed by atoms with Gasteiger partial charge in [-0.2, -0.15) is 11.8 Å². The van der Waals surface area contributed by atoms with Gasteiger partial charge in [0.1, 0.15) is 6.04 Å². The number of carbonyl (C=O) groups is 2. The number of aliphatic hydroxyl groups is 1. The Hall–Kier alpha value is -2.35. The Bertz CT molecular complexity index is 1020. The highest BCUT2D eigenvalue weighted by Gasteiger charge is 2.27. The van der Waals surface area contributed by atoms with E-state index in [1.165, 1.54) is 32.1 Å². The van der Waals surface area contributed by atoms with Gasteiger partial charge in [-0.1, -0.05) is 62.4 Å². The van der Waals surface area contributed by atoms with Gasteiger partial charge in [0.05, 0.1) is 0 Å². The number of nitrogens with one attached hydrogen (secondary N) is 1. The van der Waals surface area contributed by atoms with Crippen LogP contribution in [0.25, 0.3) is 11.1 Å². The largest absolute Gasteiger partial charge is 0.480 e. The van der Waals surface area contributed by atoms with Crippen LogP contribution in [0, 0.1) is 18.8 Å². The van der Waals surface area contributed by atoms with E-state index in [1.807, 2.05) is 49.6 Å². The second kappa shape index (κ2) is 13.8. The SMILES string of the molecule is CSCCC(NC(=O)c1ccc(C(N)C(CO)CC2CCCCC2)cc1-c1ccccc1C)C(=O)O. The summed E-state index contributed by atoms with van der Waals surface area (Å²) in [5.41, 5.74) is 10.6. The molecule has 0 radical (unpaired) electrons. The van der Waals surface area contributed by atoms with Gasteiger partial charge < -0.3 is 21.3 Å². The fourth-order valence-corrected chi connectivity index (χ4v) is 5.72. The molecule has 0 aliphatic heterocycles. The summed E-state index contributed by atoms with van der Waals surface area (Å²) in [5, 5.41) is 22.5. The van der Waals surface area contributed by atoms with E-state index in [-0.39, 0.29) is 18.6 Å². The molecule has 2 aromatic rings. The number of hydrogen-bond acceptors (Lipinski definition) is 5. The lowest BCUT2D eigenvalue weighted by molar-refractivity contribution is -0.139. The summed E-state index contributed by atoms with van der Waals surface area (Å²) in [5.74, 6) is -0.276. The van der Waals surface area contributed by atoms with Gasteiger partial charge in [-0.25, -0.2) is 4.79 Å². The number of carbonyl (C=O) groups excluding carboxylic acids is 1. The van der Waals surface area contributed by atoms with E-state index in [0.29, 0.717) is 23.7 Å². The molecule has 3 rings (SSSR count). The lowest BCUT2D eigenvalue weighted by atomic mass is 9.79. The van der Waals surface area contributed by atoms with Gasteiger partial charge in [-0.15, -0.1) is 0 Å². The number of hydrogen-bond donors (Lipinski definition) is 4. The van der Waals surface area contributed by atoms with E-state index < -0.39 is 17.9 Å². The minimum atomic E-state index is -1.04. The summed E-state index contributed by atoms with van der Waals surface area (Å²) < 4.78 is 0. The van der Waals surface area contributed by atoms with Crippen molar-refractivity contribution in [1.29, 1.82) is 0 Å². The lowest BCUT2D eigenvalue weighted by Crippen LogP contribution is -2.41. The number of aliphatic carboxylic acids is 1. The molecule has 0 spiro atoms. The molecule has 1 fully saturated rings. The van der Waals surface area contributed by atoms with Crippen LogP contribution in [0.2, 0.25) is 0 Å². The van der Waals surface area contributed by atoms with E-state index >= 15 is 0 Å². The third-order valence-corrected chi connectivity index (χ3v) is 8.07. The monoisotopic (exact) mass is 512 g/mol. The van der Waals surface area contributed by atoms with Crippen LogP contribution in [0.4, 0.5) is 0 Å². The molecule has 0 saturated heterocycles. The smallest absolute Gasteiger partial charge is 0.326 e. The number of amides is 1. The summed E-state index contributed by atoms with van der Waals surface area (Å²) in [4.78, 5) is 25.0. The molecule has 196 valence electrons. The number of aryl methyl sites for hydroxylation is 1. The molecule has 0 bridgehead atoms. The number of rotatable bonds is 12. The standard InChI is InChI=1S/C29H40N2O4S/c1-19-8-6-7-11-23(19)25-17-21(27(30)22(18-32)16-20-9-4-3-5-10-20)12-13-24(25)28(33)31-26(29(34)35)14-15-36-2/h6-8,11-13,17,20,22,26-27,32H,3-5,9-10,14-16,18,30H2,1-2H3,(H,31,33)(H,34,35). The Kier molecular flexibility index (Phi) is 10.8. The van der Waals surface area contributed by atoms with Gasteiger partial charge in [-0.05, 0) is 72.1 Å². The van der Waals surface area contributed by atoms with Gasteiger partial charge in [0.2, 0.25) is 0 Å². The van der Waals surface area contributed by atoms with Crippen molar-refractivity contribution in [2.24, 2.45) is 17.6 Å². The van der Waals surface area contributed by atoms with Gasteiger partial charge in [0.25, 0.3) is 5.91 Å². The van der Waals surface area contributed by atoms with Crippen LogP contribution < -0.4 is 11.1 Å². The van der Waals surface area contributed by atoms with Crippen LogP contribution in [0.1, 0.15) is 72.5 Å². The number of carboxylic acids is 1. The quantitative estimate of drug-likeness (QED) is 0.312. The zero-order valence-electron chi connectivity index (χ0n) is 21.4. The summed E-state index contributed by atoms with van der Waals surface area (Å²) >= 11 is 1.55. The molecule has 0 aromatic heterocycles. The molecular formula is C29H40N2O4S. The van der Waals surface area contributed by atoms with Crippen molar-refractivity contribution in [3.05, 3.63) is 59.2 Å². The highest BCUT2D eigenvalue weighted by atomic mass is 32.2. The molecule has 1 amide bonds. The van der Waals surface area contributed by atoms with E-state index in [9.17, 15) is 19.8 Å². The maximum Gasteiger partial charge on any atom is 0.326 e. The molecular weight excluding hydrogens is 472 g/mol. The first kappa shape index (κ1) is 28.2. The predicted octanol–water partition coefficient (Wildman–Crippen LogP) is 5.18. The van der Waals surface area contributed by atoms with E-state index in [4.69, 9.17) is 5.73 Å². The number of nitrogens with two attached hydrogens (primary N) is 1. The third-order valence-electron chi connectivity index (χ3n) is 7.43. The highest BCUT2D eigenvalue weighted by molar-refractivity contribution is 7.98. The molecule has 1 saturated carbocycles. The van der Waals surface area contributed by atoms with Crippen molar-refractivity contribution in [1.82, 2.24) is 5.32 Å². The van der Waals surface area contributed by atoms with Gasteiger partial charge in [-0.3, -0.25) is 4.79 Å². The van der Waals surface area contributed by atoms with Crippen LogP contribution in [0.3, 0.4) is 0 Å². The molecule has 0 heterocycles. The molecule has 7 heteroatoms. The number of carboxylic acid groups (broad SMARTS) is 1. The van der Waals surface area contributed by atoms with Crippen molar-refractivity contribution in [3.63, 3.8) is 0 Å². The second-order valence-corrected chi connectivity index (χ2v) is 11.0. The Morgan fingerprint density at radius 2 is 1.83 bits per heavy atom. The average molecular weight is 513 g/mol. The predicted molar refractivity (Wildman–Crippen MR) is 147 cm³/mol. The molecule has 3 atom stereocenters. The van der Waals surface area contributed by atoms with E-state index in [1.54, 1.807) is 17.8 Å². The minimum absolute atomic E-state index is 0.0231. The maximum atomic E-state index is 13.3. The van der Waals surface area contributed by atoms with E-state index in [0.717, 1.165) is 28.7 Å². The second-order valence-electron chi connectivity index (χ2n) is 9.97. The van der Waals surface area contributed by atoms with Crippen LogP contribution in [-0.2, 0) is 4.79 Å². The number of aliphatic hydroxyl groups excluding tert-OH is 1. The molecule has 1 aliphatic rings. The Morgan fingerprint density at radius 3 is 2.47 bits per heavy atom. The average Bonchev–Trinajstić information content (AvgIpc) is 2.89. The third kappa shape index (κ3) is 7.34. The van der Waals surface area contributed by atoms with Crippen LogP contribution in [0.5, 0.6) is 0 Å². The van der Waals surface area contributed by atoms with Crippen LogP contribution >= 0.6 is 11.8 Å². The number of thioether (sulfide) groups is 1. The Labute approximate surface area is 219 Å². The first-order chi connectivity index (χ1) is 17.3. The Morgan fingerprint density at radius 1 is 1.11 bits per heavy atom. The first-order valence-electron chi connectivity index (χ1n) is 12.9. The van der Waals surface area contributed by atoms with Crippen molar-refractivity contribution in [3.8, 4) is 11.1 Å². The van der Waals surface area contributed by atoms with Crippen molar-refractivity contribution in [2.75, 3.05) is 18.6 Å². The zero-order chi connectivity index (χ0) is 26.1. The first-order valence-corrected chi connectivity index (χ1v) is 14.3. The van der Waals surface area contributed by atoms with Gasteiger partial charge in [0.15, 0.2) is 0 Å². The Balaban J connectivity index is 1.93. The van der Waals surface area contributed by atoms with Crippen molar-refractivity contribution in [2.45, 2.75) is 64.0 Å². The summed E-state index contributed by atoms with van der Waals surface area (Å²) in [6.45, 7) is 2.01. The molecule has 3 unspecified atom stereocenters. The topological polar surface area (TPSA) is 113 Å². The molecule has 2 aromatic carbocycles. The highest BCUT2D eigenvalue weighted by Crippen LogP contribution is 2.35. The summed E-state index contributed by atoms with van der Waals surface area (Å²) in [6.07, 6.45) is 9.32. The van der Waals surface area contributed by atoms with E-state index in [2.05, 4.69) is 5.32 Å². The van der Waals surface area contributed by atoms with Crippen LogP contribution in [0.15, 0.2) is 42.5 Å². The van der Waals surface area contributed by atoms with Crippen molar-refractivity contribution < 1.29 is 19.8 Å². The molecule has 1 aliphatic carbocycles. The van der Waals surface area contributed by atoms with Crippen LogP contribution in [-0.4, -0.2) is 46.7 Å².